The number of benzene rings is 2. The first-order valence-electron chi connectivity index (χ1n) is 10.1. The van der Waals surface area contributed by atoms with Crippen molar-refractivity contribution in [2.45, 2.75) is 24.8 Å². The number of nitrogens with zero attached hydrogens (tertiary/aromatic N) is 4. The summed E-state index contributed by atoms with van der Waals surface area (Å²) in [6.45, 7) is 4.03. The number of rotatable bonds is 5. The Morgan fingerprint density at radius 2 is 1.88 bits per heavy atom. The van der Waals surface area contributed by atoms with E-state index in [0.717, 1.165) is 21.6 Å². The molecule has 166 valence electrons. The first kappa shape index (κ1) is 21.4. The summed E-state index contributed by atoms with van der Waals surface area (Å²) in [5.74, 6) is 6.73. The van der Waals surface area contributed by atoms with Crippen molar-refractivity contribution >= 4 is 33.3 Å². The molecule has 0 spiro atoms. The van der Waals surface area contributed by atoms with Crippen molar-refractivity contribution in [1.29, 1.82) is 0 Å². The van der Waals surface area contributed by atoms with Crippen molar-refractivity contribution in [3.63, 3.8) is 0 Å². The average Bonchev–Trinajstić information content (AvgIpc) is 3.32. The lowest BCUT2D eigenvalue weighted by atomic mass is 10.0. The number of aromatic amines is 1. The van der Waals surface area contributed by atoms with Gasteiger partial charge in [0.15, 0.2) is 5.82 Å². The molecule has 0 bridgehead atoms. The lowest BCUT2D eigenvalue weighted by Crippen LogP contribution is -2.13. The highest BCUT2D eigenvalue weighted by Crippen LogP contribution is 2.36. The second-order valence-electron chi connectivity index (χ2n) is 7.54. The number of nitrogen functional groups attached to an aromatic ring is 1. The van der Waals surface area contributed by atoms with Crippen molar-refractivity contribution in [3.05, 3.63) is 81.0 Å². The predicted octanol–water partition coefficient (Wildman–Crippen LogP) is 4.67. The highest BCUT2D eigenvalue weighted by Gasteiger charge is 2.18. The third-order valence-corrected chi connectivity index (χ3v) is 7.20. The molecule has 7 nitrogen and oxygen atoms in total. The lowest BCUT2D eigenvalue weighted by Gasteiger charge is -2.05. The molecule has 0 aliphatic rings. The number of halogens is 1. The molecule has 3 aromatic heterocycles. The van der Waals surface area contributed by atoms with E-state index in [-0.39, 0.29) is 16.9 Å². The van der Waals surface area contributed by atoms with E-state index in [9.17, 15) is 9.18 Å². The number of H-pyrrole nitrogens is 1. The summed E-state index contributed by atoms with van der Waals surface area (Å²) in [7, 11) is 0. The molecule has 0 amide bonds. The van der Waals surface area contributed by atoms with Gasteiger partial charge in [-0.05, 0) is 31.5 Å². The second-order valence-corrected chi connectivity index (χ2v) is 9.68. The van der Waals surface area contributed by atoms with E-state index >= 15 is 0 Å². The number of thioether (sulfide) groups is 1. The Hall–Kier alpha value is -3.50. The molecule has 5 aromatic rings. The van der Waals surface area contributed by atoms with Gasteiger partial charge >= 0.3 is 0 Å². The van der Waals surface area contributed by atoms with Gasteiger partial charge in [-0.2, -0.15) is 0 Å². The predicted molar refractivity (Wildman–Crippen MR) is 130 cm³/mol. The van der Waals surface area contributed by atoms with Crippen LogP contribution in [0.15, 0.2) is 58.5 Å². The Morgan fingerprint density at radius 3 is 2.64 bits per heavy atom. The van der Waals surface area contributed by atoms with E-state index in [1.807, 2.05) is 38.1 Å². The van der Waals surface area contributed by atoms with Crippen LogP contribution in [0, 0.1) is 19.7 Å². The number of nitrogens with two attached hydrogens (primary N) is 1. The maximum atomic E-state index is 14.1. The van der Waals surface area contributed by atoms with Crippen LogP contribution in [-0.2, 0) is 5.75 Å². The van der Waals surface area contributed by atoms with Crippen LogP contribution in [0.2, 0.25) is 0 Å². The minimum absolute atomic E-state index is 0.184. The molecule has 0 saturated heterocycles. The van der Waals surface area contributed by atoms with Crippen LogP contribution >= 0.6 is 23.1 Å². The molecule has 3 heterocycles. The number of nitrogens with one attached hydrogen (secondary N) is 1. The van der Waals surface area contributed by atoms with Crippen LogP contribution in [0.4, 0.5) is 4.39 Å². The lowest BCUT2D eigenvalue weighted by molar-refractivity contribution is 0.629. The normalized spacial score (nSPS) is 11.4. The zero-order valence-electron chi connectivity index (χ0n) is 17.8. The summed E-state index contributed by atoms with van der Waals surface area (Å²) < 4.78 is 15.3. The smallest absolute Gasteiger partial charge is 0.260 e. The topological polar surface area (TPSA) is 102 Å². The van der Waals surface area contributed by atoms with Crippen LogP contribution in [0.5, 0.6) is 0 Å². The third-order valence-electron chi connectivity index (χ3n) is 5.24. The summed E-state index contributed by atoms with van der Waals surface area (Å²) >= 11 is 2.76. The maximum absolute atomic E-state index is 14.1. The highest BCUT2D eigenvalue weighted by molar-refractivity contribution is 7.98. The largest absolute Gasteiger partial charge is 0.335 e. The number of aromatic nitrogens is 5. The Morgan fingerprint density at radius 1 is 1.12 bits per heavy atom. The minimum atomic E-state index is -0.429. The van der Waals surface area contributed by atoms with Gasteiger partial charge in [-0.3, -0.25) is 4.79 Å². The van der Waals surface area contributed by atoms with Gasteiger partial charge in [-0.1, -0.05) is 53.7 Å². The fourth-order valence-corrected chi connectivity index (χ4v) is 5.43. The van der Waals surface area contributed by atoms with Gasteiger partial charge in [0.2, 0.25) is 5.16 Å². The standard InChI is InChI=1S/C23H19FN6OS2/c1-12-7-9-14(10-8-12)18-13(2)33-22-19(18)21(31)26-17(27-22)11-32-23-29-28-20(30(23)25)15-5-3-4-6-16(15)24/h3-10H,11,25H2,1-2H3,(H,26,27,31). The summed E-state index contributed by atoms with van der Waals surface area (Å²) in [6, 6.07) is 14.3. The molecule has 10 heteroatoms. The maximum Gasteiger partial charge on any atom is 0.260 e. The summed E-state index contributed by atoms with van der Waals surface area (Å²) in [6.07, 6.45) is 0. The van der Waals surface area contributed by atoms with Crippen molar-refractivity contribution in [1.82, 2.24) is 24.8 Å². The fourth-order valence-electron chi connectivity index (χ4n) is 3.63. The number of fused-ring (bicyclic) bond motifs is 1. The van der Waals surface area contributed by atoms with E-state index < -0.39 is 5.82 Å². The van der Waals surface area contributed by atoms with Gasteiger partial charge in [-0.25, -0.2) is 14.1 Å². The van der Waals surface area contributed by atoms with Crippen LogP contribution < -0.4 is 11.4 Å². The van der Waals surface area contributed by atoms with E-state index in [1.165, 1.54) is 33.8 Å². The highest BCUT2D eigenvalue weighted by atomic mass is 32.2. The van der Waals surface area contributed by atoms with Crippen LogP contribution in [-0.4, -0.2) is 24.8 Å². The van der Waals surface area contributed by atoms with Gasteiger partial charge in [0, 0.05) is 10.4 Å². The van der Waals surface area contributed by atoms with E-state index in [4.69, 9.17) is 5.84 Å². The Kier molecular flexibility index (Phi) is 5.47. The molecule has 0 aliphatic heterocycles. The Bertz CT molecular complexity index is 1540. The van der Waals surface area contributed by atoms with Crippen LogP contribution in [0.3, 0.4) is 0 Å². The van der Waals surface area contributed by atoms with Crippen molar-refractivity contribution in [2.24, 2.45) is 0 Å². The molecule has 0 unspecified atom stereocenters. The molecular weight excluding hydrogens is 459 g/mol. The minimum Gasteiger partial charge on any atom is -0.335 e. The molecule has 2 aromatic carbocycles. The summed E-state index contributed by atoms with van der Waals surface area (Å²) in [5, 5.41) is 9.07. The molecule has 0 fully saturated rings. The quantitative estimate of drug-likeness (QED) is 0.281. The molecule has 0 atom stereocenters. The fraction of sp³-hybridized carbons (Fsp3) is 0.130. The average molecular weight is 479 g/mol. The first-order valence-corrected chi connectivity index (χ1v) is 11.9. The zero-order chi connectivity index (χ0) is 23.1. The number of aryl methyl sites for hydroxylation is 2. The zero-order valence-corrected chi connectivity index (χ0v) is 19.4. The van der Waals surface area contributed by atoms with Gasteiger partial charge in [0.1, 0.15) is 16.5 Å². The van der Waals surface area contributed by atoms with Crippen molar-refractivity contribution in [3.8, 4) is 22.5 Å². The van der Waals surface area contributed by atoms with Crippen LogP contribution in [0.25, 0.3) is 32.7 Å². The monoisotopic (exact) mass is 478 g/mol. The second kappa shape index (κ2) is 8.45. The number of hydrogen-bond acceptors (Lipinski definition) is 7. The molecule has 0 saturated carbocycles. The van der Waals surface area contributed by atoms with Crippen LogP contribution in [0.1, 0.15) is 16.3 Å². The molecule has 3 N–H and O–H groups in total. The van der Waals surface area contributed by atoms with Gasteiger partial charge in [-0.15, -0.1) is 21.5 Å². The summed E-state index contributed by atoms with van der Waals surface area (Å²) in [4.78, 5) is 22.3. The van der Waals surface area contributed by atoms with Crippen molar-refractivity contribution < 1.29 is 4.39 Å². The number of thiophene rings is 1. The molecule has 0 radical (unpaired) electrons. The van der Waals surface area contributed by atoms with Gasteiger partial charge in [0.25, 0.3) is 5.56 Å². The summed E-state index contributed by atoms with van der Waals surface area (Å²) in [5.41, 5.74) is 3.16. The van der Waals surface area contributed by atoms with Crippen molar-refractivity contribution in [2.75, 3.05) is 5.84 Å². The molecule has 5 rings (SSSR count). The van der Waals surface area contributed by atoms with Gasteiger partial charge in [0.05, 0.1) is 16.7 Å². The van der Waals surface area contributed by atoms with E-state index in [1.54, 1.807) is 18.2 Å². The van der Waals surface area contributed by atoms with Gasteiger partial charge < -0.3 is 10.8 Å². The first-order chi connectivity index (χ1) is 15.9. The molecular formula is C23H19FN6OS2. The molecule has 33 heavy (non-hydrogen) atoms. The number of hydrogen-bond donors (Lipinski definition) is 2. The third kappa shape index (κ3) is 3.91. The van der Waals surface area contributed by atoms with E-state index in [0.29, 0.717) is 27.0 Å². The SMILES string of the molecule is Cc1ccc(-c2c(C)sc3nc(CSc4nnc(-c5ccccc5F)n4N)[nH]c(=O)c23)cc1. The Balaban J connectivity index is 1.44. The van der Waals surface area contributed by atoms with E-state index in [2.05, 4.69) is 20.2 Å². The molecule has 0 aliphatic carbocycles. The Labute approximate surface area is 196 Å².